The zero-order valence-corrected chi connectivity index (χ0v) is 18.0. The first-order valence-corrected chi connectivity index (χ1v) is 11.5. The molecule has 0 aliphatic carbocycles. The Labute approximate surface area is 177 Å². The van der Waals surface area contributed by atoms with Gasteiger partial charge in [0.1, 0.15) is 5.82 Å². The van der Waals surface area contributed by atoms with Crippen LogP contribution in [0.5, 0.6) is 0 Å². The number of nitrogens with one attached hydrogen (secondary N) is 2. The monoisotopic (exact) mass is 450 g/mol. The Hall–Kier alpha value is -2.83. The second-order valence-electron chi connectivity index (χ2n) is 6.50. The standard InChI is InChI=1S/C18H19FN6O3S2/c1-11(2)22-30(27,28)14-7-8-16(19)15(10-14)17(26)20-12-5-4-6-13(9-12)25-18(29-3)21-23-24-25/h4-11,22H,1-3H3,(H,20,26). The quantitative estimate of drug-likeness (QED) is 0.531. The van der Waals surface area contributed by atoms with Crippen LogP contribution in [-0.4, -0.2) is 46.8 Å². The zero-order valence-electron chi connectivity index (χ0n) is 16.3. The topological polar surface area (TPSA) is 119 Å². The number of carbonyl (C=O) groups excluding carboxylic acids is 1. The molecule has 1 heterocycles. The van der Waals surface area contributed by atoms with E-state index in [1.54, 1.807) is 38.1 Å². The Balaban J connectivity index is 1.88. The molecule has 9 nitrogen and oxygen atoms in total. The molecule has 2 aromatic carbocycles. The van der Waals surface area contributed by atoms with Gasteiger partial charge in [-0.1, -0.05) is 17.8 Å². The van der Waals surface area contributed by atoms with Crippen LogP contribution in [0.2, 0.25) is 0 Å². The number of halogens is 1. The smallest absolute Gasteiger partial charge is 0.258 e. The van der Waals surface area contributed by atoms with Gasteiger partial charge in [0, 0.05) is 11.7 Å². The summed E-state index contributed by atoms with van der Waals surface area (Å²) in [5.74, 6) is -1.62. The van der Waals surface area contributed by atoms with Gasteiger partial charge in [0.15, 0.2) is 0 Å². The molecule has 30 heavy (non-hydrogen) atoms. The van der Waals surface area contributed by atoms with Gasteiger partial charge in [-0.15, -0.1) is 5.10 Å². The van der Waals surface area contributed by atoms with Gasteiger partial charge < -0.3 is 5.32 Å². The number of anilines is 1. The molecule has 3 rings (SSSR count). The first kappa shape index (κ1) is 21.9. The molecule has 1 aromatic heterocycles. The summed E-state index contributed by atoms with van der Waals surface area (Å²) < 4.78 is 42.8. The van der Waals surface area contributed by atoms with Crippen molar-refractivity contribution in [2.24, 2.45) is 0 Å². The number of tetrazole rings is 1. The molecule has 0 saturated heterocycles. The summed E-state index contributed by atoms with van der Waals surface area (Å²) in [5, 5.41) is 14.5. The Morgan fingerprint density at radius 2 is 1.97 bits per heavy atom. The van der Waals surface area contributed by atoms with Crippen LogP contribution in [0.3, 0.4) is 0 Å². The number of sulfonamides is 1. The number of nitrogens with zero attached hydrogens (tertiary/aromatic N) is 4. The molecule has 0 aliphatic rings. The van der Waals surface area contributed by atoms with Crippen molar-refractivity contribution in [3.63, 3.8) is 0 Å². The highest BCUT2D eigenvalue weighted by Crippen LogP contribution is 2.21. The summed E-state index contributed by atoms with van der Waals surface area (Å²) in [6, 6.07) is 9.38. The first-order valence-electron chi connectivity index (χ1n) is 8.77. The van der Waals surface area contributed by atoms with Gasteiger partial charge in [-0.3, -0.25) is 4.79 Å². The fourth-order valence-corrected chi connectivity index (χ4v) is 4.32. The Morgan fingerprint density at radius 1 is 1.20 bits per heavy atom. The lowest BCUT2D eigenvalue weighted by Crippen LogP contribution is -2.30. The number of carbonyl (C=O) groups is 1. The third-order valence-corrected chi connectivity index (χ3v) is 6.13. The molecule has 0 atom stereocenters. The molecule has 0 saturated carbocycles. The fraction of sp³-hybridized carbons (Fsp3) is 0.222. The number of aromatic nitrogens is 4. The van der Waals surface area contributed by atoms with E-state index in [-0.39, 0.29) is 16.5 Å². The maximum atomic E-state index is 14.3. The Morgan fingerprint density at radius 3 is 2.67 bits per heavy atom. The summed E-state index contributed by atoms with van der Waals surface area (Å²) >= 11 is 1.35. The third-order valence-electron chi connectivity index (χ3n) is 3.86. The highest BCUT2D eigenvalue weighted by molar-refractivity contribution is 7.98. The lowest BCUT2D eigenvalue weighted by molar-refractivity contribution is 0.102. The largest absolute Gasteiger partial charge is 0.322 e. The van der Waals surface area contributed by atoms with Gasteiger partial charge in [-0.05, 0) is 66.9 Å². The van der Waals surface area contributed by atoms with Crippen LogP contribution in [0.25, 0.3) is 5.69 Å². The lowest BCUT2D eigenvalue weighted by Gasteiger charge is -2.12. The summed E-state index contributed by atoms with van der Waals surface area (Å²) in [5.41, 5.74) is 0.576. The molecule has 0 bridgehead atoms. The van der Waals surface area contributed by atoms with E-state index in [9.17, 15) is 17.6 Å². The normalized spacial score (nSPS) is 11.6. The van der Waals surface area contributed by atoms with E-state index in [2.05, 4.69) is 25.6 Å². The number of hydrogen-bond acceptors (Lipinski definition) is 7. The molecule has 0 radical (unpaired) electrons. The lowest BCUT2D eigenvalue weighted by atomic mass is 10.2. The zero-order chi connectivity index (χ0) is 21.9. The van der Waals surface area contributed by atoms with Gasteiger partial charge in [-0.25, -0.2) is 17.5 Å². The van der Waals surface area contributed by atoms with E-state index < -0.39 is 21.7 Å². The molecule has 2 N–H and O–H groups in total. The Bertz CT molecular complexity index is 1180. The van der Waals surface area contributed by atoms with Gasteiger partial charge in [0.2, 0.25) is 15.2 Å². The molecule has 0 unspecified atom stereocenters. The molecular formula is C18H19FN6O3S2. The van der Waals surface area contributed by atoms with Crippen LogP contribution in [-0.2, 0) is 10.0 Å². The number of thioether (sulfide) groups is 1. The summed E-state index contributed by atoms with van der Waals surface area (Å²) in [4.78, 5) is 12.4. The predicted octanol–water partition coefficient (Wildman–Crippen LogP) is 2.46. The van der Waals surface area contributed by atoms with E-state index >= 15 is 0 Å². The van der Waals surface area contributed by atoms with Crippen LogP contribution in [0.15, 0.2) is 52.5 Å². The van der Waals surface area contributed by atoms with Crippen molar-refractivity contribution >= 4 is 33.4 Å². The minimum Gasteiger partial charge on any atom is -0.322 e. The van der Waals surface area contributed by atoms with E-state index in [4.69, 9.17) is 0 Å². The van der Waals surface area contributed by atoms with Crippen molar-refractivity contribution in [3.8, 4) is 5.69 Å². The average molecular weight is 451 g/mol. The van der Waals surface area contributed by atoms with Gasteiger partial charge in [-0.2, -0.15) is 4.68 Å². The number of hydrogen-bond donors (Lipinski definition) is 2. The highest BCUT2D eigenvalue weighted by atomic mass is 32.2. The maximum Gasteiger partial charge on any atom is 0.258 e. The van der Waals surface area contributed by atoms with Crippen molar-refractivity contribution < 1.29 is 17.6 Å². The first-order chi connectivity index (χ1) is 14.2. The van der Waals surface area contributed by atoms with Crippen molar-refractivity contribution in [2.75, 3.05) is 11.6 Å². The average Bonchev–Trinajstić information content (AvgIpc) is 3.16. The minimum absolute atomic E-state index is 0.199. The summed E-state index contributed by atoms with van der Waals surface area (Å²) in [6.07, 6.45) is 1.83. The van der Waals surface area contributed by atoms with E-state index in [1.165, 1.54) is 16.4 Å². The van der Waals surface area contributed by atoms with Crippen molar-refractivity contribution in [1.29, 1.82) is 0 Å². The van der Waals surface area contributed by atoms with Crippen LogP contribution in [0.1, 0.15) is 24.2 Å². The fourth-order valence-electron chi connectivity index (χ4n) is 2.61. The van der Waals surface area contributed by atoms with Crippen LogP contribution < -0.4 is 10.0 Å². The molecule has 3 aromatic rings. The molecule has 0 aliphatic heterocycles. The predicted molar refractivity (Wildman–Crippen MR) is 111 cm³/mol. The van der Waals surface area contributed by atoms with Gasteiger partial charge in [0.05, 0.1) is 16.1 Å². The Kier molecular flexibility index (Phi) is 6.48. The van der Waals surface area contributed by atoms with E-state index in [0.29, 0.717) is 16.5 Å². The van der Waals surface area contributed by atoms with E-state index in [0.717, 1.165) is 18.2 Å². The van der Waals surface area contributed by atoms with E-state index in [1.807, 2.05) is 6.26 Å². The molecule has 1 amide bonds. The molecule has 12 heteroatoms. The molecular weight excluding hydrogens is 431 g/mol. The SMILES string of the molecule is CSc1nnnn1-c1cccc(NC(=O)c2cc(S(=O)(=O)NC(C)C)ccc2F)c1. The number of benzene rings is 2. The van der Waals surface area contributed by atoms with Crippen molar-refractivity contribution in [2.45, 2.75) is 29.9 Å². The van der Waals surface area contributed by atoms with Crippen LogP contribution >= 0.6 is 11.8 Å². The van der Waals surface area contributed by atoms with Crippen LogP contribution in [0, 0.1) is 5.82 Å². The molecule has 0 spiro atoms. The highest BCUT2D eigenvalue weighted by Gasteiger charge is 2.20. The summed E-state index contributed by atoms with van der Waals surface area (Å²) in [6.45, 7) is 3.32. The maximum absolute atomic E-state index is 14.3. The second-order valence-corrected chi connectivity index (χ2v) is 8.99. The molecule has 158 valence electrons. The van der Waals surface area contributed by atoms with Crippen LogP contribution in [0.4, 0.5) is 10.1 Å². The van der Waals surface area contributed by atoms with Crippen molar-refractivity contribution in [3.05, 3.63) is 53.8 Å². The number of amides is 1. The number of rotatable bonds is 7. The second kappa shape index (κ2) is 8.90. The minimum atomic E-state index is -3.87. The van der Waals surface area contributed by atoms with Gasteiger partial charge >= 0.3 is 0 Å². The molecule has 0 fully saturated rings. The van der Waals surface area contributed by atoms with Crippen molar-refractivity contribution in [1.82, 2.24) is 24.9 Å². The summed E-state index contributed by atoms with van der Waals surface area (Å²) in [7, 11) is -3.87. The third kappa shape index (κ3) is 4.83. The van der Waals surface area contributed by atoms with Gasteiger partial charge in [0.25, 0.3) is 5.91 Å².